The first kappa shape index (κ1) is 24.9. The smallest absolute Gasteiger partial charge is 0.242 e. The zero-order chi connectivity index (χ0) is 24.9. The first-order valence-corrected chi connectivity index (χ1v) is 12.5. The summed E-state index contributed by atoms with van der Waals surface area (Å²) in [4.78, 5) is 28.6. The number of amides is 2. The number of morpholine rings is 1. The van der Waals surface area contributed by atoms with Crippen molar-refractivity contribution in [2.75, 3.05) is 38.4 Å². The normalized spacial score (nSPS) is 17.9. The van der Waals surface area contributed by atoms with Gasteiger partial charge in [-0.25, -0.2) is 0 Å². The lowest BCUT2D eigenvalue weighted by atomic mass is 10.2. The van der Waals surface area contributed by atoms with Crippen LogP contribution in [0.5, 0.6) is 11.5 Å². The van der Waals surface area contributed by atoms with E-state index in [1.54, 1.807) is 32.4 Å². The second-order valence-electron chi connectivity index (χ2n) is 8.60. The molecule has 0 saturated carbocycles. The van der Waals surface area contributed by atoms with Gasteiger partial charge in [-0.05, 0) is 32.0 Å². The molecule has 1 aliphatic heterocycles. The highest BCUT2D eigenvalue weighted by Crippen LogP contribution is 2.32. The lowest BCUT2D eigenvalue weighted by Gasteiger charge is -2.35. The van der Waals surface area contributed by atoms with E-state index in [-0.39, 0.29) is 36.3 Å². The average Bonchev–Trinajstić information content (AvgIpc) is 3.19. The molecule has 1 N–H and O–H groups in total. The van der Waals surface area contributed by atoms with Gasteiger partial charge in [-0.1, -0.05) is 18.2 Å². The maximum atomic E-state index is 13.0. The molecule has 0 spiro atoms. The fourth-order valence-electron chi connectivity index (χ4n) is 4.32. The number of ether oxygens (including phenoxy) is 3. The molecule has 35 heavy (non-hydrogen) atoms. The average molecular weight is 498 g/mol. The molecule has 1 aromatic heterocycles. The van der Waals surface area contributed by atoms with Gasteiger partial charge in [-0.3, -0.25) is 9.59 Å². The van der Waals surface area contributed by atoms with Crippen LogP contribution in [-0.2, 0) is 20.9 Å². The summed E-state index contributed by atoms with van der Waals surface area (Å²) in [6, 6.07) is 13.2. The number of hydrogen-bond donors (Lipinski definition) is 1. The number of carbonyl (C=O) groups is 2. The van der Waals surface area contributed by atoms with Gasteiger partial charge >= 0.3 is 0 Å². The molecule has 3 aromatic rings. The fourth-order valence-corrected chi connectivity index (χ4v) is 5.21. The Morgan fingerprint density at radius 1 is 1.09 bits per heavy atom. The van der Waals surface area contributed by atoms with Gasteiger partial charge in [-0.2, -0.15) is 0 Å². The zero-order valence-electron chi connectivity index (χ0n) is 20.4. The van der Waals surface area contributed by atoms with Crippen molar-refractivity contribution in [3.05, 3.63) is 48.7 Å². The van der Waals surface area contributed by atoms with Gasteiger partial charge in [0, 0.05) is 41.2 Å². The molecule has 1 saturated heterocycles. The Hall–Kier alpha value is -3.17. The Labute approximate surface area is 209 Å². The third kappa shape index (κ3) is 5.91. The lowest BCUT2D eigenvalue weighted by molar-refractivity contribution is -0.143. The molecule has 1 fully saturated rings. The number of nitrogens with zero attached hydrogens (tertiary/aromatic N) is 2. The van der Waals surface area contributed by atoms with Crippen LogP contribution in [-0.4, -0.2) is 66.6 Å². The topological polar surface area (TPSA) is 82.0 Å². The Morgan fingerprint density at radius 2 is 1.83 bits per heavy atom. The van der Waals surface area contributed by atoms with Gasteiger partial charge in [0.15, 0.2) is 0 Å². The van der Waals surface area contributed by atoms with Crippen molar-refractivity contribution < 1.29 is 23.8 Å². The Kier molecular flexibility index (Phi) is 7.87. The zero-order valence-corrected chi connectivity index (χ0v) is 21.3. The molecule has 2 atom stereocenters. The summed E-state index contributed by atoms with van der Waals surface area (Å²) in [6.07, 6.45) is 2.01. The van der Waals surface area contributed by atoms with Gasteiger partial charge in [-0.15, -0.1) is 11.8 Å². The van der Waals surface area contributed by atoms with Crippen LogP contribution < -0.4 is 14.8 Å². The number of benzene rings is 2. The molecule has 2 heterocycles. The number of thioether (sulfide) groups is 1. The highest BCUT2D eigenvalue weighted by Gasteiger charge is 2.26. The van der Waals surface area contributed by atoms with Gasteiger partial charge in [0.1, 0.15) is 18.0 Å². The molecule has 186 valence electrons. The molecule has 9 heteroatoms. The Balaban J connectivity index is 1.45. The number of para-hydroxylation sites is 1. The van der Waals surface area contributed by atoms with Crippen molar-refractivity contribution in [2.45, 2.75) is 37.5 Å². The summed E-state index contributed by atoms with van der Waals surface area (Å²) >= 11 is 1.44. The van der Waals surface area contributed by atoms with E-state index < -0.39 is 0 Å². The molecule has 1 aliphatic rings. The predicted octanol–water partition coefficient (Wildman–Crippen LogP) is 4.03. The number of methoxy groups -OCH3 is 2. The number of hydrogen-bond acceptors (Lipinski definition) is 6. The van der Waals surface area contributed by atoms with Crippen molar-refractivity contribution >= 4 is 40.2 Å². The van der Waals surface area contributed by atoms with Gasteiger partial charge in [0.25, 0.3) is 0 Å². The maximum absolute atomic E-state index is 13.0. The molecule has 0 aliphatic carbocycles. The van der Waals surface area contributed by atoms with Crippen LogP contribution in [0.25, 0.3) is 10.9 Å². The van der Waals surface area contributed by atoms with E-state index in [4.69, 9.17) is 14.2 Å². The molecule has 2 amide bonds. The van der Waals surface area contributed by atoms with Crippen molar-refractivity contribution in [2.24, 2.45) is 0 Å². The molecule has 0 bridgehead atoms. The molecule has 2 aromatic carbocycles. The maximum Gasteiger partial charge on any atom is 0.242 e. The van der Waals surface area contributed by atoms with E-state index in [1.807, 2.05) is 53.8 Å². The van der Waals surface area contributed by atoms with Crippen molar-refractivity contribution in [1.29, 1.82) is 0 Å². The number of fused-ring (bicyclic) bond motifs is 1. The summed E-state index contributed by atoms with van der Waals surface area (Å²) < 4.78 is 18.3. The molecule has 0 unspecified atom stereocenters. The number of carbonyl (C=O) groups excluding carboxylic acids is 2. The highest BCUT2D eigenvalue weighted by molar-refractivity contribution is 8.00. The van der Waals surface area contributed by atoms with Crippen molar-refractivity contribution in [3.8, 4) is 11.5 Å². The predicted molar refractivity (Wildman–Crippen MR) is 137 cm³/mol. The number of anilines is 1. The molecule has 4 rings (SSSR count). The minimum absolute atomic E-state index is 0.0260. The minimum atomic E-state index is -0.150. The van der Waals surface area contributed by atoms with Crippen LogP contribution in [0.1, 0.15) is 13.8 Å². The third-order valence-electron chi connectivity index (χ3n) is 5.87. The van der Waals surface area contributed by atoms with Gasteiger partial charge in [0.05, 0.1) is 37.9 Å². The van der Waals surface area contributed by atoms with Crippen LogP contribution in [0.4, 0.5) is 5.69 Å². The van der Waals surface area contributed by atoms with Gasteiger partial charge in [0.2, 0.25) is 11.8 Å². The van der Waals surface area contributed by atoms with Crippen molar-refractivity contribution in [1.82, 2.24) is 9.47 Å². The van der Waals surface area contributed by atoms with E-state index in [2.05, 4.69) is 5.32 Å². The van der Waals surface area contributed by atoms with E-state index in [0.717, 1.165) is 15.8 Å². The molecular weight excluding hydrogens is 466 g/mol. The van der Waals surface area contributed by atoms with E-state index >= 15 is 0 Å². The quantitative estimate of drug-likeness (QED) is 0.474. The highest BCUT2D eigenvalue weighted by atomic mass is 32.2. The number of rotatable bonds is 8. The second-order valence-corrected chi connectivity index (χ2v) is 9.61. The summed E-state index contributed by atoms with van der Waals surface area (Å²) in [7, 11) is 3.13. The summed E-state index contributed by atoms with van der Waals surface area (Å²) in [5.74, 6) is 1.31. The molecular formula is C26H31N3O5S. The first-order chi connectivity index (χ1) is 16.9. The Morgan fingerprint density at radius 3 is 2.54 bits per heavy atom. The van der Waals surface area contributed by atoms with Crippen LogP contribution in [0.3, 0.4) is 0 Å². The van der Waals surface area contributed by atoms with Crippen molar-refractivity contribution in [3.63, 3.8) is 0 Å². The summed E-state index contributed by atoms with van der Waals surface area (Å²) in [5, 5.41) is 3.92. The van der Waals surface area contributed by atoms with Crippen LogP contribution in [0.15, 0.2) is 53.6 Å². The van der Waals surface area contributed by atoms with Gasteiger partial charge < -0.3 is 29.0 Å². The van der Waals surface area contributed by atoms with E-state index in [9.17, 15) is 9.59 Å². The lowest BCUT2D eigenvalue weighted by Crippen LogP contribution is -2.49. The fraction of sp³-hybridized carbons (Fsp3) is 0.385. The van der Waals surface area contributed by atoms with E-state index in [1.165, 1.54) is 11.8 Å². The second kappa shape index (κ2) is 11.0. The Bertz CT molecular complexity index is 1200. The first-order valence-electron chi connectivity index (χ1n) is 11.5. The third-order valence-corrected chi connectivity index (χ3v) is 6.91. The minimum Gasteiger partial charge on any atom is -0.497 e. The SMILES string of the molecule is COc1ccc(NC(=O)CSc2cn(CC(=O)N3C[C@H](C)O[C@@H](C)C3)c3ccccc23)c(OC)c1. The largest absolute Gasteiger partial charge is 0.497 e. The monoisotopic (exact) mass is 497 g/mol. The van der Waals surface area contributed by atoms with Crippen LogP contribution >= 0.6 is 11.8 Å². The van der Waals surface area contributed by atoms with E-state index in [0.29, 0.717) is 30.3 Å². The number of nitrogens with one attached hydrogen (secondary N) is 1. The van der Waals surface area contributed by atoms with Crippen LogP contribution in [0, 0.1) is 0 Å². The van der Waals surface area contributed by atoms with Crippen LogP contribution in [0.2, 0.25) is 0 Å². The molecule has 0 radical (unpaired) electrons. The molecule has 8 nitrogen and oxygen atoms in total. The summed E-state index contributed by atoms with van der Waals surface area (Å²) in [5.41, 5.74) is 1.55. The number of aromatic nitrogens is 1. The summed E-state index contributed by atoms with van der Waals surface area (Å²) in [6.45, 7) is 5.42. The standard InChI is InChI=1S/C26H31N3O5S/c1-17-12-29(13-18(2)34-17)26(31)15-28-14-24(20-7-5-6-8-22(20)28)35-16-25(30)27-21-10-9-19(32-3)11-23(21)33-4/h5-11,14,17-18H,12-13,15-16H2,1-4H3,(H,27,30)/t17-,18-/m0/s1.